The molecule has 3 nitrogen and oxygen atoms in total. The molecule has 0 radical (unpaired) electrons. The fourth-order valence-electron chi connectivity index (χ4n) is 2.79. The van der Waals surface area contributed by atoms with Gasteiger partial charge in [0.2, 0.25) is 0 Å². The van der Waals surface area contributed by atoms with Gasteiger partial charge in [0.1, 0.15) is 0 Å². The van der Waals surface area contributed by atoms with Crippen molar-refractivity contribution in [1.82, 2.24) is 14.8 Å². The highest BCUT2D eigenvalue weighted by Crippen LogP contribution is 2.18. The topological polar surface area (TPSA) is 20.2 Å². The Morgan fingerprint density at radius 2 is 2.11 bits per heavy atom. The Bertz CT molecular complexity index is 337. The van der Waals surface area contributed by atoms with E-state index in [2.05, 4.69) is 47.1 Å². The van der Waals surface area contributed by atoms with Crippen LogP contribution < -0.4 is 5.32 Å². The average Bonchev–Trinajstić information content (AvgIpc) is 2.84. The van der Waals surface area contributed by atoms with Crippen LogP contribution >= 0.6 is 0 Å². The van der Waals surface area contributed by atoms with Gasteiger partial charge in [0.15, 0.2) is 0 Å². The summed E-state index contributed by atoms with van der Waals surface area (Å²) in [5.74, 6) is 0.937. The zero-order chi connectivity index (χ0) is 12.8. The molecule has 1 saturated heterocycles. The van der Waals surface area contributed by atoms with E-state index in [1.165, 1.54) is 38.0 Å². The molecular weight excluding hydrogens is 222 g/mol. The number of aromatic nitrogens is 1. The van der Waals surface area contributed by atoms with E-state index in [1.54, 1.807) is 0 Å². The van der Waals surface area contributed by atoms with Gasteiger partial charge >= 0.3 is 0 Å². The fourth-order valence-corrected chi connectivity index (χ4v) is 2.79. The molecule has 0 spiro atoms. The highest BCUT2D eigenvalue weighted by molar-refractivity contribution is 5.06. The van der Waals surface area contributed by atoms with Crippen molar-refractivity contribution in [2.45, 2.75) is 39.3 Å². The van der Waals surface area contributed by atoms with Gasteiger partial charge in [0.25, 0.3) is 0 Å². The number of hydrogen-bond donors (Lipinski definition) is 1. The van der Waals surface area contributed by atoms with E-state index in [0.717, 1.165) is 25.6 Å². The molecule has 0 saturated carbocycles. The van der Waals surface area contributed by atoms with Crippen molar-refractivity contribution in [3.63, 3.8) is 0 Å². The standard InChI is InChI=1S/C15H27N3/c1-3-18-10-4-5-15(18)13-16-9-6-14-7-11-17(2)12-8-14/h4-5,10,14,16H,3,6-9,11-13H2,1-2H3. The lowest BCUT2D eigenvalue weighted by Gasteiger charge is -2.28. The highest BCUT2D eigenvalue weighted by atomic mass is 15.1. The lowest BCUT2D eigenvalue weighted by molar-refractivity contribution is 0.211. The van der Waals surface area contributed by atoms with E-state index in [4.69, 9.17) is 0 Å². The number of likely N-dealkylation sites (tertiary alicyclic amines) is 1. The largest absolute Gasteiger partial charge is 0.351 e. The van der Waals surface area contributed by atoms with Crippen LogP contribution in [-0.4, -0.2) is 36.1 Å². The summed E-state index contributed by atoms with van der Waals surface area (Å²) in [6.45, 7) is 7.99. The Labute approximate surface area is 111 Å². The van der Waals surface area contributed by atoms with Crippen molar-refractivity contribution in [2.75, 3.05) is 26.7 Å². The quantitative estimate of drug-likeness (QED) is 0.781. The Morgan fingerprint density at radius 3 is 2.83 bits per heavy atom. The minimum atomic E-state index is 0.937. The van der Waals surface area contributed by atoms with Gasteiger partial charge in [-0.3, -0.25) is 0 Å². The Kier molecular flexibility index (Phi) is 5.26. The minimum absolute atomic E-state index is 0.937. The molecular formula is C15H27N3. The predicted molar refractivity (Wildman–Crippen MR) is 76.7 cm³/mol. The molecule has 0 unspecified atom stereocenters. The number of hydrogen-bond acceptors (Lipinski definition) is 2. The van der Waals surface area contributed by atoms with Gasteiger partial charge in [0.05, 0.1) is 0 Å². The molecule has 102 valence electrons. The first kappa shape index (κ1) is 13.6. The Hall–Kier alpha value is -0.800. The number of piperidine rings is 1. The molecule has 2 heterocycles. The van der Waals surface area contributed by atoms with Gasteiger partial charge in [0, 0.05) is 25.0 Å². The smallest absolute Gasteiger partial charge is 0.0359 e. The maximum absolute atomic E-state index is 3.59. The maximum Gasteiger partial charge on any atom is 0.0359 e. The summed E-state index contributed by atoms with van der Waals surface area (Å²) in [6, 6.07) is 4.35. The molecule has 1 aliphatic rings. The summed E-state index contributed by atoms with van der Waals surface area (Å²) in [5, 5.41) is 3.59. The van der Waals surface area contributed by atoms with Crippen molar-refractivity contribution in [1.29, 1.82) is 0 Å². The number of aryl methyl sites for hydroxylation is 1. The van der Waals surface area contributed by atoms with Crippen molar-refractivity contribution >= 4 is 0 Å². The Balaban J connectivity index is 1.61. The molecule has 1 aromatic rings. The molecule has 1 aliphatic heterocycles. The second-order valence-electron chi connectivity index (χ2n) is 5.50. The zero-order valence-electron chi connectivity index (χ0n) is 11.9. The van der Waals surface area contributed by atoms with Gasteiger partial charge in [-0.1, -0.05) is 0 Å². The van der Waals surface area contributed by atoms with Crippen LogP contribution in [0.25, 0.3) is 0 Å². The summed E-state index contributed by atoms with van der Waals surface area (Å²) >= 11 is 0. The number of rotatable bonds is 6. The van der Waals surface area contributed by atoms with Crippen LogP contribution in [0.5, 0.6) is 0 Å². The zero-order valence-corrected chi connectivity index (χ0v) is 11.9. The lowest BCUT2D eigenvalue weighted by Crippen LogP contribution is -2.31. The first-order valence-corrected chi connectivity index (χ1v) is 7.33. The molecule has 3 heteroatoms. The van der Waals surface area contributed by atoms with Gasteiger partial charge in [-0.25, -0.2) is 0 Å². The summed E-state index contributed by atoms with van der Waals surface area (Å²) in [4.78, 5) is 2.44. The summed E-state index contributed by atoms with van der Waals surface area (Å²) in [5.41, 5.74) is 1.40. The van der Waals surface area contributed by atoms with E-state index in [0.29, 0.717) is 0 Å². The molecule has 1 N–H and O–H groups in total. The maximum atomic E-state index is 3.59. The van der Waals surface area contributed by atoms with Crippen LogP contribution in [0.3, 0.4) is 0 Å². The van der Waals surface area contributed by atoms with E-state index >= 15 is 0 Å². The second kappa shape index (κ2) is 6.95. The van der Waals surface area contributed by atoms with E-state index in [-0.39, 0.29) is 0 Å². The first-order valence-electron chi connectivity index (χ1n) is 7.33. The van der Waals surface area contributed by atoms with E-state index < -0.39 is 0 Å². The fraction of sp³-hybridized carbons (Fsp3) is 0.733. The van der Waals surface area contributed by atoms with Crippen LogP contribution in [0.4, 0.5) is 0 Å². The van der Waals surface area contributed by atoms with Crippen molar-refractivity contribution < 1.29 is 0 Å². The van der Waals surface area contributed by atoms with Crippen LogP contribution in [0.15, 0.2) is 18.3 Å². The van der Waals surface area contributed by atoms with Crippen molar-refractivity contribution in [3.8, 4) is 0 Å². The predicted octanol–water partition coefficient (Wildman–Crippen LogP) is 2.33. The highest BCUT2D eigenvalue weighted by Gasteiger charge is 2.15. The van der Waals surface area contributed by atoms with Crippen LogP contribution in [0, 0.1) is 5.92 Å². The Morgan fingerprint density at radius 1 is 1.33 bits per heavy atom. The van der Waals surface area contributed by atoms with E-state index in [9.17, 15) is 0 Å². The molecule has 18 heavy (non-hydrogen) atoms. The summed E-state index contributed by atoms with van der Waals surface area (Å²) in [6.07, 6.45) is 6.25. The van der Waals surface area contributed by atoms with Gasteiger partial charge in [-0.15, -0.1) is 0 Å². The molecule has 1 fully saturated rings. The van der Waals surface area contributed by atoms with Crippen LogP contribution in [-0.2, 0) is 13.1 Å². The average molecular weight is 249 g/mol. The van der Waals surface area contributed by atoms with Gasteiger partial charge in [-0.2, -0.15) is 0 Å². The molecule has 0 bridgehead atoms. The van der Waals surface area contributed by atoms with Crippen LogP contribution in [0.2, 0.25) is 0 Å². The molecule has 0 aliphatic carbocycles. The number of nitrogens with one attached hydrogen (secondary N) is 1. The van der Waals surface area contributed by atoms with Gasteiger partial charge < -0.3 is 14.8 Å². The third-order valence-corrected chi connectivity index (χ3v) is 4.14. The normalized spacial score (nSPS) is 18.3. The monoisotopic (exact) mass is 249 g/mol. The molecule has 1 aromatic heterocycles. The lowest BCUT2D eigenvalue weighted by atomic mass is 9.94. The third kappa shape index (κ3) is 3.85. The van der Waals surface area contributed by atoms with Gasteiger partial charge in [-0.05, 0) is 70.9 Å². The summed E-state index contributed by atoms with van der Waals surface area (Å²) < 4.78 is 2.31. The molecule has 0 amide bonds. The van der Waals surface area contributed by atoms with E-state index in [1.807, 2.05) is 0 Å². The third-order valence-electron chi connectivity index (χ3n) is 4.14. The molecule has 0 atom stereocenters. The van der Waals surface area contributed by atoms with Crippen LogP contribution in [0.1, 0.15) is 31.9 Å². The number of nitrogens with zero attached hydrogens (tertiary/aromatic N) is 2. The second-order valence-corrected chi connectivity index (χ2v) is 5.50. The molecule has 2 rings (SSSR count). The van der Waals surface area contributed by atoms with Crippen molar-refractivity contribution in [2.24, 2.45) is 5.92 Å². The summed E-state index contributed by atoms with van der Waals surface area (Å²) in [7, 11) is 2.23. The van der Waals surface area contributed by atoms with Crippen molar-refractivity contribution in [3.05, 3.63) is 24.0 Å². The molecule has 0 aromatic carbocycles. The minimum Gasteiger partial charge on any atom is -0.351 e. The SMILES string of the molecule is CCn1cccc1CNCCC1CCN(C)CC1. The first-order chi connectivity index (χ1) is 8.79.